The van der Waals surface area contributed by atoms with Crippen LogP contribution in [0.25, 0.3) is 0 Å². The van der Waals surface area contributed by atoms with Crippen molar-refractivity contribution in [2.75, 3.05) is 23.0 Å². The van der Waals surface area contributed by atoms with E-state index in [1.807, 2.05) is 37.4 Å². The Bertz CT molecular complexity index is 698. The fourth-order valence-corrected chi connectivity index (χ4v) is 3.08. The summed E-state index contributed by atoms with van der Waals surface area (Å²) in [7, 11) is 1.99. The molecule has 3 N–H and O–H groups in total. The number of nitrogen functional groups attached to an aromatic ring is 1. The lowest BCUT2D eigenvalue weighted by Crippen LogP contribution is -2.34. The third-order valence-electron chi connectivity index (χ3n) is 4.52. The second-order valence-electron chi connectivity index (χ2n) is 6.19. The van der Waals surface area contributed by atoms with E-state index in [9.17, 15) is 4.79 Å². The van der Waals surface area contributed by atoms with Crippen LogP contribution in [0.2, 0.25) is 0 Å². The molecule has 1 amide bonds. The van der Waals surface area contributed by atoms with Crippen LogP contribution in [0, 0.1) is 0 Å². The van der Waals surface area contributed by atoms with Gasteiger partial charge in [-0.3, -0.25) is 4.79 Å². The summed E-state index contributed by atoms with van der Waals surface area (Å²) < 4.78 is 0. The number of aromatic nitrogens is 2. The third kappa shape index (κ3) is 3.64. The number of amides is 1. The van der Waals surface area contributed by atoms with Crippen LogP contribution in [-0.4, -0.2) is 29.0 Å². The fourth-order valence-electron chi connectivity index (χ4n) is 3.08. The first-order valence-corrected chi connectivity index (χ1v) is 8.37. The highest BCUT2D eigenvalue weighted by Gasteiger charge is 2.21. The smallest absolute Gasteiger partial charge is 0.260 e. The van der Waals surface area contributed by atoms with Crippen molar-refractivity contribution in [3.63, 3.8) is 0 Å². The molecule has 1 heterocycles. The first kappa shape index (κ1) is 16.2. The summed E-state index contributed by atoms with van der Waals surface area (Å²) >= 11 is 0. The van der Waals surface area contributed by atoms with Crippen molar-refractivity contribution in [2.24, 2.45) is 0 Å². The molecular weight excluding hydrogens is 302 g/mol. The van der Waals surface area contributed by atoms with Crippen LogP contribution in [0.4, 0.5) is 17.5 Å². The molecule has 126 valence electrons. The molecule has 0 unspecified atom stereocenters. The van der Waals surface area contributed by atoms with Gasteiger partial charge in [-0.05, 0) is 25.0 Å². The van der Waals surface area contributed by atoms with E-state index in [4.69, 9.17) is 5.73 Å². The van der Waals surface area contributed by atoms with Crippen LogP contribution < -0.4 is 16.0 Å². The van der Waals surface area contributed by atoms with Gasteiger partial charge < -0.3 is 16.0 Å². The van der Waals surface area contributed by atoms with Gasteiger partial charge in [0.2, 0.25) is 5.95 Å². The maximum atomic E-state index is 12.3. The van der Waals surface area contributed by atoms with E-state index >= 15 is 0 Å². The highest BCUT2D eigenvalue weighted by molar-refractivity contribution is 6.07. The lowest BCUT2D eigenvalue weighted by Gasteiger charge is -2.31. The Labute approximate surface area is 142 Å². The number of rotatable bonds is 4. The number of carbonyl (C=O) groups excluding carboxylic acids is 1. The average Bonchev–Trinajstić information content (AvgIpc) is 2.62. The molecule has 1 aliphatic rings. The molecule has 2 aromatic rings. The number of nitrogens with zero attached hydrogens (tertiary/aromatic N) is 3. The van der Waals surface area contributed by atoms with Gasteiger partial charge in [0.15, 0.2) is 0 Å². The number of nitrogens with two attached hydrogens (primary N) is 1. The summed E-state index contributed by atoms with van der Waals surface area (Å²) in [5.41, 5.74) is 7.01. The first-order chi connectivity index (χ1) is 11.6. The normalized spacial score (nSPS) is 15.0. The van der Waals surface area contributed by atoms with Crippen LogP contribution in [0.15, 0.2) is 36.5 Å². The van der Waals surface area contributed by atoms with Gasteiger partial charge in [0.1, 0.15) is 11.4 Å². The highest BCUT2D eigenvalue weighted by atomic mass is 16.1. The molecule has 1 aromatic heterocycles. The Kier molecular flexibility index (Phi) is 4.93. The molecule has 0 saturated heterocycles. The molecule has 0 radical (unpaired) electrons. The summed E-state index contributed by atoms with van der Waals surface area (Å²) in [6.07, 6.45) is 7.58. The van der Waals surface area contributed by atoms with Gasteiger partial charge in [0.05, 0.1) is 0 Å². The van der Waals surface area contributed by atoms with Crippen LogP contribution in [0.3, 0.4) is 0 Å². The number of hydrogen-bond acceptors (Lipinski definition) is 5. The van der Waals surface area contributed by atoms with Gasteiger partial charge in [-0.15, -0.1) is 0 Å². The minimum Gasteiger partial charge on any atom is -0.383 e. The number of hydrogen-bond donors (Lipinski definition) is 2. The maximum Gasteiger partial charge on any atom is 0.260 e. The molecule has 6 heteroatoms. The zero-order valence-corrected chi connectivity index (χ0v) is 13.9. The summed E-state index contributed by atoms with van der Waals surface area (Å²) in [5, 5.41) is 2.80. The van der Waals surface area contributed by atoms with Crippen molar-refractivity contribution >= 4 is 23.4 Å². The van der Waals surface area contributed by atoms with Gasteiger partial charge >= 0.3 is 0 Å². The van der Waals surface area contributed by atoms with Crippen LogP contribution >= 0.6 is 0 Å². The summed E-state index contributed by atoms with van der Waals surface area (Å²) in [4.78, 5) is 23.1. The van der Waals surface area contributed by atoms with Gasteiger partial charge in [0.25, 0.3) is 5.91 Å². The summed E-state index contributed by atoms with van der Waals surface area (Å²) in [5.74, 6) is 0.484. The lowest BCUT2D eigenvalue weighted by molar-refractivity contribution is 0.102. The largest absolute Gasteiger partial charge is 0.383 e. The SMILES string of the molecule is CN(c1ncc(C(=O)Nc2ccccc2)c(N)n1)C1CCCCC1. The number of benzene rings is 1. The third-order valence-corrected chi connectivity index (χ3v) is 4.52. The number of para-hydroxylation sites is 1. The van der Waals surface area contributed by atoms with Crippen LogP contribution in [0.5, 0.6) is 0 Å². The van der Waals surface area contributed by atoms with Crippen molar-refractivity contribution in [1.82, 2.24) is 9.97 Å². The molecule has 0 aliphatic heterocycles. The summed E-state index contributed by atoms with van der Waals surface area (Å²) in [6.45, 7) is 0. The quantitative estimate of drug-likeness (QED) is 0.902. The molecule has 1 aliphatic carbocycles. The predicted octanol–water partition coefficient (Wildman–Crippen LogP) is 3.08. The Hall–Kier alpha value is -2.63. The molecule has 0 bridgehead atoms. The van der Waals surface area contributed by atoms with Crippen molar-refractivity contribution in [3.8, 4) is 0 Å². The summed E-state index contributed by atoms with van der Waals surface area (Å²) in [6, 6.07) is 9.70. The Morgan fingerprint density at radius 3 is 2.58 bits per heavy atom. The van der Waals surface area contributed by atoms with E-state index in [1.54, 1.807) is 0 Å². The molecule has 0 spiro atoms. The second kappa shape index (κ2) is 7.29. The average molecular weight is 325 g/mol. The van der Waals surface area contributed by atoms with Crippen molar-refractivity contribution in [2.45, 2.75) is 38.1 Å². The zero-order chi connectivity index (χ0) is 16.9. The number of anilines is 3. The van der Waals surface area contributed by atoms with E-state index in [1.165, 1.54) is 25.5 Å². The monoisotopic (exact) mass is 325 g/mol. The van der Waals surface area contributed by atoms with Crippen molar-refractivity contribution in [1.29, 1.82) is 0 Å². The lowest BCUT2D eigenvalue weighted by atomic mass is 9.95. The van der Waals surface area contributed by atoms with Crippen molar-refractivity contribution < 1.29 is 4.79 Å². The molecule has 3 rings (SSSR count). The van der Waals surface area contributed by atoms with E-state index in [0.29, 0.717) is 23.2 Å². The Balaban J connectivity index is 1.73. The van der Waals surface area contributed by atoms with Gasteiger partial charge in [-0.2, -0.15) is 4.98 Å². The Morgan fingerprint density at radius 2 is 1.92 bits per heavy atom. The molecule has 1 aromatic carbocycles. The van der Waals surface area contributed by atoms with Crippen LogP contribution in [-0.2, 0) is 0 Å². The predicted molar refractivity (Wildman–Crippen MR) is 96.1 cm³/mol. The molecular formula is C18H23N5O. The highest BCUT2D eigenvalue weighted by Crippen LogP contribution is 2.25. The molecule has 1 fully saturated rings. The fraction of sp³-hybridized carbons (Fsp3) is 0.389. The van der Waals surface area contributed by atoms with Crippen LogP contribution in [0.1, 0.15) is 42.5 Å². The molecule has 1 saturated carbocycles. The molecule has 6 nitrogen and oxygen atoms in total. The second-order valence-corrected chi connectivity index (χ2v) is 6.19. The van der Waals surface area contributed by atoms with E-state index in [0.717, 1.165) is 12.8 Å². The minimum atomic E-state index is -0.300. The maximum absolute atomic E-state index is 12.3. The van der Waals surface area contributed by atoms with Gasteiger partial charge in [0, 0.05) is 25.0 Å². The first-order valence-electron chi connectivity index (χ1n) is 8.37. The number of carbonyl (C=O) groups is 1. The van der Waals surface area contributed by atoms with Gasteiger partial charge in [-0.25, -0.2) is 4.98 Å². The molecule has 24 heavy (non-hydrogen) atoms. The Morgan fingerprint density at radius 1 is 1.21 bits per heavy atom. The van der Waals surface area contributed by atoms with E-state index < -0.39 is 0 Å². The molecule has 0 atom stereocenters. The van der Waals surface area contributed by atoms with Crippen molar-refractivity contribution in [3.05, 3.63) is 42.1 Å². The standard InChI is InChI=1S/C18H23N5O/c1-23(14-10-6-3-7-11-14)18-20-12-15(16(19)22-18)17(24)21-13-8-4-2-5-9-13/h2,4-5,8-9,12,14H,3,6-7,10-11H2,1H3,(H,21,24)(H2,19,20,22). The number of nitrogens with one attached hydrogen (secondary N) is 1. The topological polar surface area (TPSA) is 84.1 Å². The van der Waals surface area contributed by atoms with E-state index in [-0.39, 0.29) is 11.7 Å². The minimum absolute atomic E-state index is 0.205. The van der Waals surface area contributed by atoms with E-state index in [2.05, 4.69) is 20.2 Å². The zero-order valence-electron chi connectivity index (χ0n) is 13.9. The van der Waals surface area contributed by atoms with Gasteiger partial charge in [-0.1, -0.05) is 37.5 Å².